The molecule has 1 unspecified atom stereocenters. The number of carbonyl (C=O) groups excluding carboxylic acids is 3. The van der Waals surface area contributed by atoms with Crippen LogP contribution in [0.2, 0.25) is 0 Å². The number of Topliss-reactive ketones (excluding diaryl/α,β-unsaturated/α-hetero) is 1. The Bertz CT molecular complexity index is 968. The second-order valence-corrected chi connectivity index (χ2v) is 7.46. The van der Waals surface area contributed by atoms with Crippen molar-refractivity contribution in [3.05, 3.63) is 41.3 Å². The minimum Gasteiger partial charge on any atom is -0.406 e. The highest BCUT2D eigenvalue weighted by Gasteiger charge is 2.38. The summed E-state index contributed by atoms with van der Waals surface area (Å²) in [5, 5.41) is 5.33. The molecule has 8 nitrogen and oxygen atoms in total. The topological polar surface area (TPSA) is 100 Å². The van der Waals surface area contributed by atoms with Crippen LogP contribution in [0.1, 0.15) is 37.3 Å². The molecule has 2 N–H and O–H groups in total. The number of ether oxygens (including phenoxy) is 1. The molecule has 0 radical (unpaired) electrons. The largest absolute Gasteiger partial charge is 0.573 e. The zero-order chi connectivity index (χ0) is 22.2. The molecule has 0 bridgehead atoms. The summed E-state index contributed by atoms with van der Waals surface area (Å²) in [7, 11) is 0. The Morgan fingerprint density at radius 1 is 1.23 bits per heavy atom. The molecule has 2 aliphatic heterocycles. The van der Waals surface area contributed by atoms with Gasteiger partial charge in [0.1, 0.15) is 18.3 Å². The van der Waals surface area contributed by atoms with Gasteiger partial charge >= 0.3 is 12.4 Å². The molecule has 11 heteroatoms. The zero-order valence-electron chi connectivity index (χ0n) is 16.2. The first-order valence-electron chi connectivity index (χ1n) is 9.74. The van der Waals surface area contributed by atoms with Gasteiger partial charge in [-0.3, -0.25) is 14.5 Å². The summed E-state index contributed by atoms with van der Waals surface area (Å²) in [4.78, 5) is 43.2. The Kier molecular flexibility index (Phi) is 5.42. The summed E-state index contributed by atoms with van der Waals surface area (Å²) < 4.78 is 41.1. The van der Waals surface area contributed by atoms with Crippen LogP contribution in [-0.4, -0.2) is 41.7 Å². The standard InChI is InChI=1S/C20H19F3N4O4/c21-20(22,23)31-13-7-5-11(6-8-13)16(17(29)12-3-4-12)26-19(30)27-10-15(28)25-14-2-1-9-24-18(14)27/h5-9,12,16H,1-4,10H2,(H,25,28)(H,26,30). The van der Waals surface area contributed by atoms with Crippen molar-refractivity contribution in [1.29, 1.82) is 0 Å². The van der Waals surface area contributed by atoms with E-state index in [0.717, 1.165) is 17.0 Å². The van der Waals surface area contributed by atoms with E-state index in [1.165, 1.54) is 12.1 Å². The van der Waals surface area contributed by atoms with Crippen LogP contribution in [-0.2, 0) is 9.59 Å². The van der Waals surface area contributed by atoms with Crippen molar-refractivity contribution >= 4 is 23.9 Å². The van der Waals surface area contributed by atoms with Gasteiger partial charge in [-0.15, -0.1) is 13.2 Å². The first kappa shape index (κ1) is 20.9. The number of carbonyl (C=O) groups is 3. The number of nitrogens with zero attached hydrogens (tertiary/aromatic N) is 2. The lowest BCUT2D eigenvalue weighted by Gasteiger charge is -2.32. The Morgan fingerprint density at radius 2 is 1.94 bits per heavy atom. The van der Waals surface area contributed by atoms with Crippen LogP contribution >= 0.6 is 0 Å². The van der Waals surface area contributed by atoms with E-state index < -0.39 is 24.2 Å². The van der Waals surface area contributed by atoms with Gasteiger partial charge in [0.15, 0.2) is 11.6 Å². The molecule has 31 heavy (non-hydrogen) atoms. The maximum atomic E-state index is 13.0. The maximum Gasteiger partial charge on any atom is 0.573 e. The predicted molar refractivity (Wildman–Crippen MR) is 102 cm³/mol. The number of amides is 3. The van der Waals surface area contributed by atoms with Crippen molar-refractivity contribution in [3.63, 3.8) is 0 Å². The molecule has 164 valence electrons. The van der Waals surface area contributed by atoms with E-state index in [2.05, 4.69) is 20.4 Å². The number of allylic oxidation sites excluding steroid dienone is 1. The number of benzene rings is 1. The molecule has 2 heterocycles. The number of rotatable bonds is 5. The van der Waals surface area contributed by atoms with E-state index >= 15 is 0 Å². The minimum absolute atomic E-state index is 0.219. The molecule has 1 aromatic carbocycles. The molecule has 0 saturated heterocycles. The first-order chi connectivity index (χ1) is 14.7. The second kappa shape index (κ2) is 8.05. The van der Waals surface area contributed by atoms with Crippen LogP contribution in [0, 0.1) is 5.92 Å². The predicted octanol–water partition coefficient (Wildman–Crippen LogP) is 2.78. The quantitative estimate of drug-likeness (QED) is 0.741. The SMILES string of the molecule is O=C1CN(C(=O)NC(C(=O)C2CC2)c2ccc(OC(F)(F)F)cc2)C2=C(CCC=N2)N1. The second-order valence-electron chi connectivity index (χ2n) is 7.46. The number of hydrogen-bond donors (Lipinski definition) is 2. The van der Waals surface area contributed by atoms with Crippen molar-refractivity contribution in [2.45, 2.75) is 38.1 Å². The van der Waals surface area contributed by atoms with Gasteiger partial charge in [0, 0.05) is 12.1 Å². The van der Waals surface area contributed by atoms with E-state index in [0.29, 0.717) is 42.8 Å². The van der Waals surface area contributed by atoms with Gasteiger partial charge in [0.2, 0.25) is 5.91 Å². The molecule has 1 aliphatic carbocycles. The van der Waals surface area contributed by atoms with Gasteiger partial charge in [-0.25, -0.2) is 9.79 Å². The van der Waals surface area contributed by atoms with Crippen LogP contribution in [0.5, 0.6) is 5.75 Å². The Hall–Kier alpha value is -3.37. The number of ketones is 1. The third-order valence-electron chi connectivity index (χ3n) is 5.08. The number of hydrogen-bond acceptors (Lipinski definition) is 5. The normalized spacial score (nSPS) is 19.5. The molecule has 1 fully saturated rings. The number of nitrogens with one attached hydrogen (secondary N) is 2. The fourth-order valence-corrected chi connectivity index (χ4v) is 3.48. The minimum atomic E-state index is -4.83. The van der Waals surface area contributed by atoms with Crippen LogP contribution in [0.15, 0.2) is 40.8 Å². The molecule has 3 aliphatic rings. The number of urea groups is 1. The Balaban J connectivity index is 1.56. The Labute approximate surface area is 175 Å². The van der Waals surface area contributed by atoms with Gasteiger partial charge in [0.25, 0.3) is 0 Å². The summed E-state index contributed by atoms with van der Waals surface area (Å²) in [6.07, 6.45) is -0.663. The van der Waals surface area contributed by atoms with Crippen LogP contribution < -0.4 is 15.4 Å². The molecule has 4 rings (SSSR count). The van der Waals surface area contributed by atoms with Gasteiger partial charge in [-0.2, -0.15) is 0 Å². The lowest BCUT2D eigenvalue weighted by atomic mass is 9.99. The van der Waals surface area contributed by atoms with E-state index in [1.54, 1.807) is 6.21 Å². The van der Waals surface area contributed by atoms with Crippen LogP contribution in [0.4, 0.5) is 18.0 Å². The average molecular weight is 436 g/mol. The molecule has 1 aromatic rings. The lowest BCUT2D eigenvalue weighted by molar-refractivity contribution is -0.274. The van der Waals surface area contributed by atoms with Crippen molar-refractivity contribution < 1.29 is 32.3 Å². The first-order valence-corrected chi connectivity index (χ1v) is 9.74. The third-order valence-corrected chi connectivity index (χ3v) is 5.08. The van der Waals surface area contributed by atoms with Gasteiger partial charge in [0.05, 0.1) is 5.70 Å². The van der Waals surface area contributed by atoms with Gasteiger partial charge in [-0.1, -0.05) is 12.1 Å². The summed E-state index contributed by atoms with van der Waals surface area (Å²) in [6, 6.07) is 3.03. The monoisotopic (exact) mass is 436 g/mol. The van der Waals surface area contributed by atoms with Gasteiger partial charge < -0.3 is 15.4 Å². The average Bonchev–Trinajstić information content (AvgIpc) is 3.55. The van der Waals surface area contributed by atoms with Gasteiger partial charge in [-0.05, 0) is 43.4 Å². The van der Waals surface area contributed by atoms with Crippen LogP contribution in [0.3, 0.4) is 0 Å². The smallest absolute Gasteiger partial charge is 0.406 e. The van der Waals surface area contributed by atoms with Crippen molar-refractivity contribution in [3.8, 4) is 5.75 Å². The van der Waals surface area contributed by atoms with Crippen molar-refractivity contribution in [1.82, 2.24) is 15.5 Å². The molecular formula is C20H19F3N4O4. The van der Waals surface area contributed by atoms with E-state index in [1.807, 2.05) is 0 Å². The van der Waals surface area contributed by atoms with Crippen molar-refractivity contribution in [2.24, 2.45) is 10.9 Å². The van der Waals surface area contributed by atoms with Crippen molar-refractivity contribution in [2.75, 3.05) is 6.54 Å². The summed E-state index contributed by atoms with van der Waals surface area (Å²) >= 11 is 0. The zero-order valence-corrected chi connectivity index (χ0v) is 16.2. The highest BCUT2D eigenvalue weighted by atomic mass is 19.4. The molecule has 1 atom stereocenters. The molecule has 0 spiro atoms. The molecular weight excluding hydrogens is 417 g/mol. The highest BCUT2D eigenvalue weighted by Crippen LogP contribution is 2.35. The molecule has 1 saturated carbocycles. The fourth-order valence-electron chi connectivity index (χ4n) is 3.48. The van der Waals surface area contributed by atoms with E-state index in [9.17, 15) is 27.6 Å². The number of aliphatic imine (C=N–C) groups is 1. The highest BCUT2D eigenvalue weighted by molar-refractivity contribution is 5.94. The van der Waals surface area contributed by atoms with E-state index in [4.69, 9.17) is 0 Å². The fraction of sp³-hybridized carbons (Fsp3) is 0.400. The summed E-state index contributed by atoms with van der Waals surface area (Å²) in [5.41, 5.74) is 0.857. The molecule has 3 amide bonds. The maximum absolute atomic E-state index is 13.0. The molecule has 0 aromatic heterocycles. The summed E-state index contributed by atoms with van der Waals surface area (Å²) in [5.74, 6) is -0.942. The lowest BCUT2D eigenvalue weighted by Crippen LogP contribution is -2.51. The Morgan fingerprint density at radius 3 is 2.58 bits per heavy atom. The summed E-state index contributed by atoms with van der Waals surface area (Å²) in [6.45, 7) is -0.259. The number of alkyl halides is 3. The van der Waals surface area contributed by atoms with E-state index in [-0.39, 0.29) is 24.2 Å². The third kappa shape index (κ3) is 4.86. The number of halogens is 3. The van der Waals surface area contributed by atoms with Crippen LogP contribution in [0.25, 0.3) is 0 Å².